The molecule has 8 heteroatoms. The molecule has 104 valence electrons. The normalized spacial score (nSPS) is 15.5. The third-order valence-electron chi connectivity index (χ3n) is 2.57. The van der Waals surface area contributed by atoms with Gasteiger partial charge in [0.15, 0.2) is 17.6 Å². The van der Waals surface area contributed by atoms with Gasteiger partial charge in [-0.25, -0.2) is 9.59 Å². The standard InChI is InChI=1S/C11H12O8/c12-6-2-1-5(3-7(6)13)4-11(19,10(17)18)8(14)9(15)16/h1-3,8,12-14,19H,4H2,(H,15,16)(H,17,18)/t8-,11-/m0/s1. The average molecular weight is 272 g/mol. The number of carboxylic acids is 2. The van der Waals surface area contributed by atoms with Crippen LogP contribution in [0.3, 0.4) is 0 Å². The fourth-order valence-electron chi connectivity index (χ4n) is 1.48. The van der Waals surface area contributed by atoms with Gasteiger partial charge >= 0.3 is 11.9 Å². The molecule has 0 amide bonds. The van der Waals surface area contributed by atoms with Gasteiger partial charge in [0.2, 0.25) is 5.60 Å². The van der Waals surface area contributed by atoms with Gasteiger partial charge in [-0.05, 0) is 17.7 Å². The molecule has 0 aliphatic carbocycles. The van der Waals surface area contributed by atoms with E-state index < -0.39 is 41.6 Å². The summed E-state index contributed by atoms with van der Waals surface area (Å²) in [5.41, 5.74) is -2.92. The number of aliphatic hydroxyl groups is 2. The molecule has 0 aromatic heterocycles. The fourth-order valence-corrected chi connectivity index (χ4v) is 1.48. The number of rotatable bonds is 5. The van der Waals surface area contributed by atoms with Crippen LogP contribution in [0, 0.1) is 0 Å². The first-order valence-electron chi connectivity index (χ1n) is 5.06. The molecule has 0 aliphatic rings. The molecular formula is C11H12O8. The molecule has 0 unspecified atom stereocenters. The lowest BCUT2D eigenvalue weighted by molar-refractivity contribution is -0.183. The molecule has 8 nitrogen and oxygen atoms in total. The summed E-state index contributed by atoms with van der Waals surface area (Å²) in [6.45, 7) is 0. The lowest BCUT2D eigenvalue weighted by Gasteiger charge is -2.26. The van der Waals surface area contributed by atoms with Crippen LogP contribution in [-0.4, -0.2) is 54.3 Å². The molecule has 0 fully saturated rings. The molecular weight excluding hydrogens is 260 g/mol. The Bertz CT molecular complexity index is 511. The monoisotopic (exact) mass is 272 g/mol. The Morgan fingerprint density at radius 2 is 1.74 bits per heavy atom. The van der Waals surface area contributed by atoms with Gasteiger partial charge in [0, 0.05) is 6.42 Å². The van der Waals surface area contributed by atoms with E-state index in [0.29, 0.717) is 0 Å². The zero-order valence-corrected chi connectivity index (χ0v) is 9.52. The van der Waals surface area contributed by atoms with E-state index in [0.717, 1.165) is 12.1 Å². The first kappa shape index (κ1) is 14.7. The summed E-state index contributed by atoms with van der Waals surface area (Å²) in [5, 5.41) is 54.8. The third-order valence-corrected chi connectivity index (χ3v) is 2.57. The number of benzene rings is 1. The van der Waals surface area contributed by atoms with Crippen molar-refractivity contribution in [2.24, 2.45) is 0 Å². The molecule has 19 heavy (non-hydrogen) atoms. The lowest BCUT2D eigenvalue weighted by atomic mass is 9.89. The topological polar surface area (TPSA) is 156 Å². The van der Waals surface area contributed by atoms with E-state index >= 15 is 0 Å². The molecule has 0 bridgehead atoms. The number of phenolic OH excluding ortho intramolecular Hbond substituents is 2. The second kappa shape index (κ2) is 5.12. The second-order valence-electron chi connectivity index (χ2n) is 3.97. The van der Waals surface area contributed by atoms with Gasteiger partial charge in [-0.15, -0.1) is 0 Å². The van der Waals surface area contributed by atoms with Gasteiger partial charge in [-0.3, -0.25) is 0 Å². The van der Waals surface area contributed by atoms with Gasteiger partial charge in [0.25, 0.3) is 0 Å². The summed E-state index contributed by atoms with van der Waals surface area (Å²) in [6, 6.07) is 3.18. The van der Waals surface area contributed by atoms with Gasteiger partial charge in [0.1, 0.15) is 0 Å². The van der Waals surface area contributed by atoms with Crippen LogP contribution >= 0.6 is 0 Å². The lowest BCUT2D eigenvalue weighted by Crippen LogP contribution is -2.54. The highest BCUT2D eigenvalue weighted by molar-refractivity contribution is 5.87. The van der Waals surface area contributed by atoms with Gasteiger partial charge < -0.3 is 30.6 Å². The largest absolute Gasteiger partial charge is 0.504 e. The number of hydrogen-bond donors (Lipinski definition) is 6. The summed E-state index contributed by atoms with van der Waals surface area (Å²) >= 11 is 0. The molecule has 1 rings (SSSR count). The maximum Gasteiger partial charge on any atom is 0.339 e. The number of phenols is 2. The Kier molecular flexibility index (Phi) is 3.98. The Balaban J connectivity index is 3.12. The van der Waals surface area contributed by atoms with Gasteiger partial charge in [-0.2, -0.15) is 0 Å². The number of carboxylic acid groups (broad SMARTS) is 2. The summed E-state index contributed by atoms with van der Waals surface area (Å²) in [6.07, 6.45) is -3.30. The molecule has 0 saturated heterocycles. The van der Waals surface area contributed by atoms with Crippen molar-refractivity contribution < 1.29 is 40.2 Å². The van der Waals surface area contributed by atoms with E-state index in [1.54, 1.807) is 0 Å². The second-order valence-corrected chi connectivity index (χ2v) is 3.97. The van der Waals surface area contributed by atoms with Crippen LogP contribution in [0.15, 0.2) is 18.2 Å². The average Bonchev–Trinajstić information content (AvgIpc) is 2.32. The zero-order valence-electron chi connectivity index (χ0n) is 9.52. The van der Waals surface area contributed by atoms with E-state index in [9.17, 15) is 24.9 Å². The summed E-state index contributed by atoms with van der Waals surface area (Å²) in [5.74, 6) is -4.83. The van der Waals surface area contributed by atoms with Crippen LogP contribution in [-0.2, 0) is 16.0 Å². The van der Waals surface area contributed by atoms with E-state index in [1.165, 1.54) is 6.07 Å². The molecule has 1 aromatic carbocycles. The molecule has 2 atom stereocenters. The maximum absolute atomic E-state index is 10.9. The van der Waals surface area contributed by atoms with Crippen molar-refractivity contribution in [2.75, 3.05) is 0 Å². The Morgan fingerprint density at radius 1 is 1.16 bits per heavy atom. The Labute approximate surface area is 106 Å². The molecule has 0 heterocycles. The van der Waals surface area contributed by atoms with Crippen LogP contribution in [0.4, 0.5) is 0 Å². The van der Waals surface area contributed by atoms with Crippen LogP contribution < -0.4 is 0 Å². The predicted molar refractivity (Wildman–Crippen MR) is 59.7 cm³/mol. The van der Waals surface area contributed by atoms with E-state index in [2.05, 4.69) is 0 Å². The van der Waals surface area contributed by atoms with Crippen LogP contribution in [0.2, 0.25) is 0 Å². The first-order valence-corrected chi connectivity index (χ1v) is 5.06. The molecule has 0 aliphatic heterocycles. The highest BCUT2D eigenvalue weighted by Gasteiger charge is 2.47. The Hall–Kier alpha value is -2.32. The number of carbonyl (C=O) groups is 2. The van der Waals surface area contributed by atoms with Gasteiger partial charge in [0.05, 0.1) is 0 Å². The highest BCUT2D eigenvalue weighted by atomic mass is 16.4. The molecule has 0 saturated carbocycles. The van der Waals surface area contributed by atoms with E-state index in [-0.39, 0.29) is 5.56 Å². The number of aliphatic carboxylic acids is 2. The molecule has 6 N–H and O–H groups in total. The first-order chi connectivity index (χ1) is 8.68. The number of aliphatic hydroxyl groups excluding tert-OH is 1. The minimum Gasteiger partial charge on any atom is -0.504 e. The highest BCUT2D eigenvalue weighted by Crippen LogP contribution is 2.28. The van der Waals surface area contributed by atoms with Crippen LogP contribution in [0.5, 0.6) is 11.5 Å². The van der Waals surface area contributed by atoms with Crippen LogP contribution in [0.1, 0.15) is 5.56 Å². The van der Waals surface area contributed by atoms with Crippen molar-refractivity contribution in [3.8, 4) is 11.5 Å². The maximum atomic E-state index is 10.9. The minimum atomic E-state index is -2.95. The van der Waals surface area contributed by atoms with E-state index in [4.69, 9.17) is 15.3 Å². The van der Waals surface area contributed by atoms with Gasteiger partial charge in [-0.1, -0.05) is 6.07 Å². The van der Waals surface area contributed by atoms with Crippen LogP contribution in [0.25, 0.3) is 0 Å². The van der Waals surface area contributed by atoms with E-state index in [1.807, 2.05) is 0 Å². The third kappa shape index (κ3) is 2.92. The molecule has 1 aromatic rings. The molecule has 0 spiro atoms. The van der Waals surface area contributed by atoms with Crippen molar-refractivity contribution in [3.05, 3.63) is 23.8 Å². The van der Waals surface area contributed by atoms with Crippen molar-refractivity contribution >= 4 is 11.9 Å². The zero-order chi connectivity index (χ0) is 14.8. The smallest absolute Gasteiger partial charge is 0.339 e. The fraction of sp³-hybridized carbons (Fsp3) is 0.273. The summed E-state index contributed by atoms with van der Waals surface area (Å²) < 4.78 is 0. The van der Waals surface area contributed by atoms with Crippen molar-refractivity contribution in [2.45, 2.75) is 18.1 Å². The number of aromatic hydroxyl groups is 2. The quantitative estimate of drug-likeness (QED) is 0.369. The summed E-state index contributed by atoms with van der Waals surface area (Å²) in [4.78, 5) is 21.5. The Morgan fingerprint density at radius 3 is 2.16 bits per heavy atom. The minimum absolute atomic E-state index is 0.0282. The predicted octanol–water partition coefficient (Wildman–Crippen LogP) is -1.10. The summed E-state index contributed by atoms with van der Waals surface area (Å²) in [7, 11) is 0. The van der Waals surface area contributed by atoms with Crippen molar-refractivity contribution in [1.29, 1.82) is 0 Å². The van der Waals surface area contributed by atoms with Crippen molar-refractivity contribution in [1.82, 2.24) is 0 Å². The SMILES string of the molecule is O=C(O)[C@H](O)[C@@](O)(Cc1ccc(O)c(O)c1)C(=O)O. The number of hydrogen-bond acceptors (Lipinski definition) is 6. The molecule has 0 radical (unpaired) electrons. The van der Waals surface area contributed by atoms with Crippen molar-refractivity contribution in [3.63, 3.8) is 0 Å².